The van der Waals surface area contributed by atoms with Crippen LogP contribution in [-0.2, 0) is 0 Å². The Hall–Kier alpha value is -6.89. The monoisotopic (exact) mass is 695 g/mol. The van der Waals surface area contributed by atoms with Crippen molar-refractivity contribution in [2.75, 3.05) is 0 Å². The van der Waals surface area contributed by atoms with Crippen LogP contribution in [0.15, 0.2) is 169 Å². The third kappa shape index (κ3) is 4.59. The summed E-state index contributed by atoms with van der Waals surface area (Å²) in [5.74, 6) is 0.149. The number of nitrogens with one attached hydrogen (secondary N) is 2. The van der Waals surface area contributed by atoms with Crippen LogP contribution in [0, 0.1) is 5.41 Å². The van der Waals surface area contributed by atoms with Crippen LogP contribution in [0.4, 0.5) is 0 Å². The van der Waals surface area contributed by atoms with Crippen molar-refractivity contribution in [3.05, 3.63) is 175 Å². The predicted octanol–water partition coefficient (Wildman–Crippen LogP) is 11.9. The van der Waals surface area contributed by atoms with Crippen LogP contribution in [-0.4, -0.2) is 20.4 Å². The normalized spacial score (nSPS) is 12.3. The first kappa shape index (κ1) is 29.8. The molecule has 0 aliphatic rings. The molecule has 0 saturated heterocycles. The molecule has 11 rings (SSSR count). The summed E-state index contributed by atoms with van der Waals surface area (Å²) in [5, 5.41) is 19.9. The zero-order valence-corrected chi connectivity index (χ0v) is 29.2. The van der Waals surface area contributed by atoms with E-state index in [1.807, 2.05) is 72.0 Å². The van der Waals surface area contributed by atoms with E-state index in [1.54, 1.807) is 0 Å². The number of fused-ring (bicyclic) bond motifs is 12. The Morgan fingerprint density at radius 1 is 0.604 bits per heavy atom. The third-order valence-electron chi connectivity index (χ3n) is 10.4. The molecular weight excluding hydrogens is 667 g/mol. The Balaban J connectivity index is 1.07. The highest BCUT2D eigenvalue weighted by atomic mass is 32.1. The third-order valence-corrected chi connectivity index (χ3v) is 11.6. The first-order valence-electron chi connectivity index (χ1n) is 17.7. The molecule has 0 bridgehead atoms. The van der Waals surface area contributed by atoms with Gasteiger partial charge in [-0.1, -0.05) is 127 Å². The van der Waals surface area contributed by atoms with Crippen molar-refractivity contribution in [2.45, 2.75) is 0 Å². The van der Waals surface area contributed by atoms with Crippen molar-refractivity contribution < 1.29 is 0 Å². The zero-order valence-electron chi connectivity index (χ0n) is 28.3. The lowest BCUT2D eigenvalue weighted by Crippen LogP contribution is -2.17. The molecule has 3 heterocycles. The Morgan fingerprint density at radius 3 is 2.11 bits per heavy atom. The summed E-state index contributed by atoms with van der Waals surface area (Å²) >= 11 is 1.88. The van der Waals surface area contributed by atoms with Crippen molar-refractivity contribution in [3.63, 3.8) is 0 Å². The number of aromatic amines is 1. The fourth-order valence-electron chi connectivity index (χ4n) is 8.07. The van der Waals surface area contributed by atoms with Gasteiger partial charge in [0.25, 0.3) is 0 Å². The minimum absolute atomic E-state index is 0.149. The molecule has 6 heteroatoms. The van der Waals surface area contributed by atoms with Gasteiger partial charge in [0.05, 0.1) is 26.9 Å². The van der Waals surface area contributed by atoms with Crippen molar-refractivity contribution in [3.8, 4) is 16.9 Å². The molecule has 248 valence electrons. The second kappa shape index (κ2) is 11.6. The van der Waals surface area contributed by atoms with Gasteiger partial charge in [-0.05, 0) is 57.9 Å². The van der Waals surface area contributed by atoms with Crippen LogP contribution in [0.5, 0.6) is 0 Å². The van der Waals surface area contributed by atoms with Gasteiger partial charge in [0.15, 0.2) is 5.84 Å². The van der Waals surface area contributed by atoms with E-state index < -0.39 is 0 Å². The average molecular weight is 696 g/mol. The number of aromatic nitrogens is 3. The molecule has 0 fully saturated rings. The first-order valence-corrected chi connectivity index (χ1v) is 18.5. The second-order valence-corrected chi connectivity index (χ2v) is 14.5. The maximum atomic E-state index is 9.02. The van der Waals surface area contributed by atoms with Crippen LogP contribution < -0.4 is 5.62 Å². The number of amidine groups is 1. The lowest BCUT2D eigenvalue weighted by atomic mass is 9.99. The molecule has 0 aliphatic carbocycles. The number of nitrogens with zero attached hydrogens (tertiary/aromatic N) is 3. The minimum atomic E-state index is 0.149. The number of para-hydroxylation sites is 2. The van der Waals surface area contributed by atoms with Crippen molar-refractivity contribution in [1.82, 2.24) is 14.5 Å². The van der Waals surface area contributed by atoms with Gasteiger partial charge in [-0.3, -0.25) is 5.41 Å². The lowest BCUT2D eigenvalue weighted by molar-refractivity contribution is 1.05. The number of rotatable bonds is 3. The summed E-state index contributed by atoms with van der Waals surface area (Å²) in [7, 11) is 0. The summed E-state index contributed by atoms with van der Waals surface area (Å²) in [6, 6.07) is 57.4. The predicted molar refractivity (Wildman–Crippen MR) is 223 cm³/mol. The highest BCUT2D eigenvalue weighted by Gasteiger charge is 2.21. The molecule has 0 amide bonds. The van der Waals surface area contributed by atoms with Crippen LogP contribution in [0.1, 0.15) is 5.56 Å². The fraction of sp³-hybridized carbons (Fsp3) is 0. The van der Waals surface area contributed by atoms with E-state index in [1.165, 1.54) is 52.8 Å². The number of H-pyrrole nitrogens is 1. The highest BCUT2D eigenvalue weighted by molar-refractivity contribution is 7.27. The summed E-state index contributed by atoms with van der Waals surface area (Å²) in [6.07, 6.45) is 0. The van der Waals surface area contributed by atoms with E-state index in [9.17, 15) is 0 Å². The van der Waals surface area contributed by atoms with E-state index in [0.717, 1.165) is 44.2 Å². The maximum absolute atomic E-state index is 9.02. The van der Waals surface area contributed by atoms with Gasteiger partial charge in [0.1, 0.15) is 0 Å². The number of thiophene rings is 1. The number of hydrogen-bond acceptors (Lipinski definition) is 3. The number of hydrogen-bond donors (Lipinski definition) is 2. The van der Waals surface area contributed by atoms with Crippen LogP contribution in [0.2, 0.25) is 0 Å². The number of benzene rings is 8. The molecule has 0 spiro atoms. The van der Waals surface area contributed by atoms with E-state index in [4.69, 9.17) is 10.4 Å². The maximum Gasteiger partial charge on any atom is 0.229 e. The van der Waals surface area contributed by atoms with Gasteiger partial charge in [0.2, 0.25) is 5.62 Å². The largest absolute Gasteiger partial charge is 0.323 e. The van der Waals surface area contributed by atoms with Gasteiger partial charge in [-0.25, -0.2) is 4.98 Å². The summed E-state index contributed by atoms with van der Waals surface area (Å²) < 4.78 is 5.05. The van der Waals surface area contributed by atoms with Crippen molar-refractivity contribution in [1.29, 1.82) is 5.41 Å². The molecule has 0 radical (unpaired) electrons. The molecule has 8 aromatic carbocycles. The Bertz CT molecular complexity index is 3370. The molecule has 0 saturated carbocycles. The van der Waals surface area contributed by atoms with Gasteiger partial charge >= 0.3 is 0 Å². The van der Waals surface area contributed by atoms with Crippen molar-refractivity contribution >= 4 is 91.6 Å². The quantitative estimate of drug-likeness (QED) is 0.140. The first-order chi connectivity index (χ1) is 26.2. The summed E-state index contributed by atoms with van der Waals surface area (Å²) in [6.45, 7) is 0. The standard InChI is InChI=1S/C47H29N5S/c48-46(51-47-49-38-19-9-6-16-35(38)43(50-47)28-12-2-1-3-13-28)31-23-22-30-27-32(25-24-29(30)26-31)52-39-20-10-7-17-36(39)41-33-14-4-5-15-34(33)42-37-18-8-11-21-40(37)53-45(42)44(41)52/h1-27H,(H2,48,49,50,51). The van der Waals surface area contributed by atoms with E-state index in [2.05, 4.69) is 118 Å². The topological polar surface area (TPSA) is 69.8 Å². The van der Waals surface area contributed by atoms with Gasteiger partial charge in [-0.2, -0.15) is 4.99 Å². The summed E-state index contributed by atoms with van der Waals surface area (Å²) in [5.41, 5.74) is 7.42. The minimum Gasteiger partial charge on any atom is -0.323 e. The fourth-order valence-corrected chi connectivity index (χ4v) is 9.33. The molecule has 3 aromatic heterocycles. The Morgan fingerprint density at radius 2 is 1.26 bits per heavy atom. The Labute approximate surface area is 307 Å². The van der Waals surface area contributed by atoms with Crippen LogP contribution in [0.25, 0.3) is 91.4 Å². The average Bonchev–Trinajstić information content (AvgIpc) is 3.78. The molecule has 11 aromatic rings. The molecule has 5 nitrogen and oxygen atoms in total. The summed E-state index contributed by atoms with van der Waals surface area (Å²) in [4.78, 5) is 12.9. The van der Waals surface area contributed by atoms with Gasteiger partial charge in [-0.15, -0.1) is 11.3 Å². The van der Waals surface area contributed by atoms with E-state index >= 15 is 0 Å². The highest BCUT2D eigenvalue weighted by Crippen LogP contribution is 2.47. The molecular formula is C47H29N5S. The lowest BCUT2D eigenvalue weighted by Gasteiger charge is -2.12. The molecule has 0 atom stereocenters. The van der Waals surface area contributed by atoms with Crippen molar-refractivity contribution in [2.24, 2.45) is 4.99 Å². The second-order valence-electron chi connectivity index (χ2n) is 13.5. The van der Waals surface area contributed by atoms with Crippen LogP contribution >= 0.6 is 11.3 Å². The Kier molecular flexibility index (Phi) is 6.50. The zero-order chi connectivity index (χ0) is 35.0. The molecule has 2 N–H and O–H groups in total. The van der Waals surface area contributed by atoms with Crippen LogP contribution in [0.3, 0.4) is 0 Å². The molecule has 0 unspecified atom stereocenters. The van der Waals surface area contributed by atoms with Gasteiger partial charge in [0, 0.05) is 48.4 Å². The van der Waals surface area contributed by atoms with Gasteiger partial charge < -0.3 is 9.55 Å². The molecule has 0 aliphatic heterocycles. The van der Waals surface area contributed by atoms with E-state index in [0.29, 0.717) is 5.62 Å². The SMILES string of the molecule is N=C(N=c1nc(-c2ccccc2)c2ccccc2[nH]1)c1ccc2cc(-n3c4ccccc4c4c5ccccc5c5c6ccccc6sc5c43)ccc2c1. The molecule has 53 heavy (non-hydrogen) atoms. The van der Waals surface area contributed by atoms with E-state index in [-0.39, 0.29) is 5.84 Å². The smallest absolute Gasteiger partial charge is 0.229 e.